The van der Waals surface area contributed by atoms with Gasteiger partial charge in [-0.1, -0.05) is 50.5 Å². The van der Waals surface area contributed by atoms with Crippen molar-refractivity contribution >= 4 is 5.91 Å². The van der Waals surface area contributed by atoms with E-state index in [9.17, 15) is 9.90 Å². The number of phenolic OH excluding ortho intramolecular Hbond substituents is 1. The molecule has 0 radical (unpaired) electrons. The van der Waals surface area contributed by atoms with E-state index in [-0.39, 0.29) is 28.6 Å². The van der Waals surface area contributed by atoms with Gasteiger partial charge in [0.25, 0.3) is 5.91 Å². The minimum Gasteiger partial charge on any atom is -1.00 e. The first-order chi connectivity index (χ1) is 16.8. The molecule has 2 rings (SSSR count). The van der Waals surface area contributed by atoms with Crippen LogP contribution in [-0.2, 0) is 17.6 Å². The summed E-state index contributed by atoms with van der Waals surface area (Å²) in [6.45, 7) is 12.1. The van der Waals surface area contributed by atoms with Crippen molar-refractivity contribution in [2.24, 2.45) is 0 Å². The third kappa shape index (κ3) is 10.6. The molecule has 0 saturated carbocycles. The summed E-state index contributed by atoms with van der Waals surface area (Å²) in [4.78, 5) is 12.4. The lowest BCUT2D eigenvalue weighted by molar-refractivity contribution is -0.882. The van der Waals surface area contributed by atoms with E-state index in [0.717, 1.165) is 54.5 Å². The number of phenols is 1. The third-order valence-corrected chi connectivity index (χ3v) is 6.03. The number of benzene rings is 2. The van der Waals surface area contributed by atoms with Crippen LogP contribution < -0.4 is 27.0 Å². The van der Waals surface area contributed by atoms with Gasteiger partial charge in [-0.05, 0) is 54.7 Å². The zero-order valence-electron chi connectivity index (χ0n) is 22.2. The highest BCUT2D eigenvalue weighted by Gasteiger charge is 2.21. The molecule has 0 heterocycles. The molecule has 0 saturated heterocycles. The highest BCUT2D eigenvalue weighted by molar-refractivity contribution is 5.77. The number of rotatable bonds is 16. The summed E-state index contributed by atoms with van der Waals surface area (Å²) in [5.41, 5.74) is 3.76. The summed E-state index contributed by atoms with van der Waals surface area (Å²) in [6, 6.07) is 11.6. The molecule has 0 aliphatic carbocycles. The van der Waals surface area contributed by atoms with Crippen molar-refractivity contribution in [2.45, 2.75) is 45.4 Å². The molecule has 0 bridgehead atoms. The fraction of sp³-hybridized carbons (Fsp3) is 0.433. The lowest BCUT2D eigenvalue weighted by atomic mass is 9.97. The molecule has 0 spiro atoms. The zero-order valence-corrected chi connectivity index (χ0v) is 23.8. The van der Waals surface area contributed by atoms with Crippen LogP contribution in [0.1, 0.15) is 43.7 Å². The Balaban J connectivity index is 0.00000648. The van der Waals surface area contributed by atoms with E-state index in [4.69, 9.17) is 4.74 Å². The van der Waals surface area contributed by atoms with E-state index in [0.29, 0.717) is 29.9 Å². The number of nitrogens with one attached hydrogen (secondary N) is 1. The van der Waals surface area contributed by atoms with Crippen LogP contribution >= 0.6 is 0 Å². The molecule has 2 N–H and O–H groups in total. The Bertz CT molecular complexity index is 988. The van der Waals surface area contributed by atoms with E-state index in [1.807, 2.05) is 50.5 Å². The number of amides is 1. The highest BCUT2D eigenvalue weighted by atomic mass is 79.9. The molecule has 6 heteroatoms. The molecular weight excluding hydrogens is 516 g/mol. The maximum absolute atomic E-state index is 12.4. The van der Waals surface area contributed by atoms with Crippen LogP contribution in [0.2, 0.25) is 0 Å². The maximum Gasteiger partial charge on any atom is 0.275 e. The normalized spacial score (nSPS) is 10.9. The van der Waals surface area contributed by atoms with Crippen molar-refractivity contribution < 1.29 is 36.1 Å². The molecule has 1 amide bonds. The smallest absolute Gasteiger partial charge is 0.275 e. The SMILES string of the molecule is C=CCc1ccc(O)c(-c2cc(CC=C)ccc2OCC[N+](C)(C)CC(=O)NCCCCCC)c1.[Br-]. The largest absolute Gasteiger partial charge is 1.00 e. The molecule has 0 atom stereocenters. The molecule has 2 aromatic carbocycles. The van der Waals surface area contributed by atoms with Crippen molar-refractivity contribution in [1.82, 2.24) is 5.32 Å². The van der Waals surface area contributed by atoms with Gasteiger partial charge < -0.3 is 36.6 Å². The average Bonchev–Trinajstić information content (AvgIpc) is 2.81. The Morgan fingerprint density at radius 2 is 1.64 bits per heavy atom. The number of quaternary nitrogens is 1. The molecule has 0 aliphatic heterocycles. The van der Waals surface area contributed by atoms with Crippen molar-refractivity contribution in [1.29, 1.82) is 0 Å². The number of nitrogens with zero attached hydrogens (tertiary/aromatic N) is 1. The summed E-state index contributed by atoms with van der Waals surface area (Å²) in [5, 5.41) is 13.7. The van der Waals surface area contributed by atoms with Gasteiger partial charge in [-0.2, -0.15) is 0 Å². The summed E-state index contributed by atoms with van der Waals surface area (Å²) >= 11 is 0. The molecule has 2 aromatic rings. The fourth-order valence-corrected chi connectivity index (χ4v) is 4.01. The van der Waals surface area contributed by atoms with Crippen LogP contribution in [0.4, 0.5) is 0 Å². The van der Waals surface area contributed by atoms with Crippen molar-refractivity contribution in [3.8, 4) is 22.6 Å². The van der Waals surface area contributed by atoms with E-state index in [1.165, 1.54) is 12.8 Å². The number of allylic oxidation sites excluding steroid dienone is 2. The van der Waals surface area contributed by atoms with E-state index < -0.39 is 0 Å². The van der Waals surface area contributed by atoms with Crippen molar-refractivity contribution in [3.05, 3.63) is 72.8 Å². The Hall–Kier alpha value is -2.57. The number of hydrogen-bond donors (Lipinski definition) is 2. The van der Waals surface area contributed by atoms with E-state index >= 15 is 0 Å². The van der Waals surface area contributed by atoms with E-state index in [1.54, 1.807) is 6.07 Å². The number of carbonyl (C=O) groups is 1. The average molecular weight is 560 g/mol. The van der Waals surface area contributed by atoms with Crippen LogP contribution in [0, 0.1) is 0 Å². The van der Waals surface area contributed by atoms with Gasteiger partial charge in [-0.3, -0.25) is 4.79 Å². The van der Waals surface area contributed by atoms with Gasteiger partial charge in [0.1, 0.15) is 24.7 Å². The highest BCUT2D eigenvalue weighted by Crippen LogP contribution is 2.37. The predicted molar refractivity (Wildman–Crippen MR) is 146 cm³/mol. The molecular formula is C30H43BrN2O3. The van der Waals surface area contributed by atoms with Gasteiger partial charge in [0.2, 0.25) is 0 Å². The van der Waals surface area contributed by atoms with Crippen molar-refractivity contribution in [2.75, 3.05) is 40.3 Å². The Labute approximate surface area is 228 Å². The van der Waals surface area contributed by atoms with E-state index in [2.05, 4.69) is 31.5 Å². The predicted octanol–water partition coefficient (Wildman–Crippen LogP) is 2.67. The summed E-state index contributed by atoms with van der Waals surface area (Å²) < 4.78 is 6.75. The molecule has 5 nitrogen and oxygen atoms in total. The van der Waals surface area contributed by atoms with Crippen LogP contribution in [0.25, 0.3) is 11.1 Å². The monoisotopic (exact) mass is 558 g/mol. The van der Waals surface area contributed by atoms with Gasteiger partial charge in [0, 0.05) is 17.7 Å². The minimum absolute atomic E-state index is 0. The first-order valence-electron chi connectivity index (χ1n) is 12.7. The topological polar surface area (TPSA) is 58.6 Å². The fourth-order valence-electron chi connectivity index (χ4n) is 4.01. The number of aromatic hydroxyl groups is 1. The summed E-state index contributed by atoms with van der Waals surface area (Å²) in [6.07, 6.45) is 9.76. The Morgan fingerprint density at radius 1 is 1.00 bits per heavy atom. The number of halogens is 1. The lowest BCUT2D eigenvalue weighted by Gasteiger charge is -2.29. The summed E-state index contributed by atoms with van der Waals surface area (Å²) in [7, 11) is 4.08. The first-order valence-corrected chi connectivity index (χ1v) is 12.7. The molecule has 0 fully saturated rings. The van der Waals surface area contributed by atoms with Crippen molar-refractivity contribution in [3.63, 3.8) is 0 Å². The number of likely N-dealkylation sites (N-methyl/N-ethyl adjacent to an activating group) is 1. The number of carbonyl (C=O) groups excluding carboxylic acids is 1. The third-order valence-electron chi connectivity index (χ3n) is 6.03. The standard InChI is InChI=1S/C30H42N2O3.BrH/c1-6-9-10-11-18-31-30(34)23-32(4,5)19-20-35-29-17-15-25(13-8-3)22-27(29)26-21-24(12-7-2)14-16-28(26)33;/h7-8,14-17,21-22H,2-3,6,9-13,18-20,23H2,1,4-5H3,(H-,31,33,34);1H. The van der Waals surface area contributed by atoms with Crippen LogP contribution in [0.3, 0.4) is 0 Å². The quantitative estimate of drug-likeness (QED) is 0.189. The second-order valence-corrected chi connectivity index (χ2v) is 9.74. The number of unbranched alkanes of at least 4 members (excludes halogenated alkanes) is 3. The molecule has 0 aliphatic rings. The lowest BCUT2D eigenvalue weighted by Crippen LogP contribution is -3.00. The number of hydrogen-bond acceptors (Lipinski definition) is 3. The van der Waals surface area contributed by atoms with Crippen LogP contribution in [-0.4, -0.2) is 55.8 Å². The Morgan fingerprint density at radius 3 is 2.28 bits per heavy atom. The molecule has 0 aromatic heterocycles. The second kappa shape index (κ2) is 16.2. The van der Waals surface area contributed by atoms with Gasteiger partial charge in [-0.15, -0.1) is 13.2 Å². The molecule has 36 heavy (non-hydrogen) atoms. The van der Waals surface area contributed by atoms with Gasteiger partial charge in [0.05, 0.1) is 14.1 Å². The molecule has 0 unspecified atom stereocenters. The molecule has 198 valence electrons. The van der Waals surface area contributed by atoms with Crippen LogP contribution in [0.15, 0.2) is 61.7 Å². The minimum atomic E-state index is 0. The zero-order chi connectivity index (χ0) is 25.7. The Kier molecular flexibility index (Phi) is 14.2. The van der Waals surface area contributed by atoms with Gasteiger partial charge >= 0.3 is 0 Å². The first kappa shape index (κ1) is 31.5. The van der Waals surface area contributed by atoms with Gasteiger partial charge in [-0.25, -0.2) is 0 Å². The number of ether oxygens (including phenoxy) is 1. The maximum atomic E-state index is 12.4. The van der Waals surface area contributed by atoms with Crippen LogP contribution in [0.5, 0.6) is 11.5 Å². The van der Waals surface area contributed by atoms with Gasteiger partial charge in [0.15, 0.2) is 6.54 Å². The second-order valence-electron chi connectivity index (χ2n) is 9.74. The summed E-state index contributed by atoms with van der Waals surface area (Å²) in [5.74, 6) is 0.999.